The van der Waals surface area contributed by atoms with Crippen LogP contribution >= 0.6 is 11.3 Å². The van der Waals surface area contributed by atoms with Gasteiger partial charge in [0.25, 0.3) is 5.91 Å². The molecule has 0 unspecified atom stereocenters. The molecular formula is C16H18N2OS. The number of amides is 1. The van der Waals surface area contributed by atoms with E-state index in [1.165, 1.54) is 9.75 Å². The highest BCUT2D eigenvalue weighted by molar-refractivity contribution is 7.11. The first-order chi connectivity index (χ1) is 9.67. The van der Waals surface area contributed by atoms with Gasteiger partial charge < -0.3 is 10.6 Å². The summed E-state index contributed by atoms with van der Waals surface area (Å²) in [5.41, 5.74) is 8.33. The number of thiophene rings is 1. The molecule has 2 N–H and O–H groups in total. The minimum absolute atomic E-state index is 0.102. The third-order valence-corrected chi connectivity index (χ3v) is 4.93. The van der Waals surface area contributed by atoms with Crippen LogP contribution in [-0.2, 0) is 19.4 Å². The highest BCUT2D eigenvalue weighted by atomic mass is 32.1. The Bertz CT molecular complexity index is 648. The molecule has 104 valence electrons. The Morgan fingerprint density at radius 3 is 2.80 bits per heavy atom. The number of nitrogen functional groups attached to an aromatic ring is 1. The summed E-state index contributed by atoms with van der Waals surface area (Å²) in [6.07, 6.45) is 1.96. The summed E-state index contributed by atoms with van der Waals surface area (Å²) in [7, 11) is 0. The van der Waals surface area contributed by atoms with Crippen LogP contribution in [0, 0.1) is 0 Å². The zero-order valence-electron chi connectivity index (χ0n) is 11.6. The topological polar surface area (TPSA) is 46.3 Å². The van der Waals surface area contributed by atoms with Crippen molar-refractivity contribution in [3.8, 4) is 0 Å². The van der Waals surface area contributed by atoms with Gasteiger partial charge in [0.15, 0.2) is 0 Å². The number of benzene rings is 1. The molecule has 1 aliphatic heterocycles. The number of fused-ring (bicyclic) bond motifs is 1. The number of aryl methyl sites for hydroxylation is 1. The van der Waals surface area contributed by atoms with E-state index in [-0.39, 0.29) is 5.91 Å². The van der Waals surface area contributed by atoms with E-state index in [0.717, 1.165) is 30.5 Å². The van der Waals surface area contributed by atoms with Crippen molar-refractivity contribution in [2.75, 3.05) is 12.3 Å². The van der Waals surface area contributed by atoms with Crippen LogP contribution in [-0.4, -0.2) is 17.4 Å². The summed E-state index contributed by atoms with van der Waals surface area (Å²) >= 11 is 1.79. The minimum atomic E-state index is 0.102. The van der Waals surface area contributed by atoms with Gasteiger partial charge in [-0.1, -0.05) is 13.0 Å². The molecule has 1 aromatic carbocycles. The van der Waals surface area contributed by atoms with Crippen LogP contribution in [0.25, 0.3) is 0 Å². The molecular weight excluding hydrogens is 268 g/mol. The molecule has 1 aromatic heterocycles. The third kappa shape index (κ3) is 2.43. The predicted molar refractivity (Wildman–Crippen MR) is 83.0 cm³/mol. The maximum Gasteiger partial charge on any atom is 0.254 e. The second-order valence-corrected chi connectivity index (χ2v) is 6.37. The molecule has 0 saturated carbocycles. The highest BCUT2D eigenvalue weighted by Gasteiger charge is 2.24. The predicted octanol–water partition coefficient (Wildman–Crippen LogP) is 3.09. The maximum atomic E-state index is 12.5. The van der Waals surface area contributed by atoms with Crippen molar-refractivity contribution >= 4 is 22.9 Å². The first-order valence-electron chi connectivity index (χ1n) is 6.92. The van der Waals surface area contributed by atoms with E-state index < -0.39 is 0 Å². The van der Waals surface area contributed by atoms with Crippen molar-refractivity contribution < 1.29 is 4.79 Å². The van der Waals surface area contributed by atoms with E-state index >= 15 is 0 Å². The van der Waals surface area contributed by atoms with E-state index in [0.29, 0.717) is 12.2 Å². The molecule has 20 heavy (non-hydrogen) atoms. The Morgan fingerprint density at radius 1 is 1.25 bits per heavy atom. The van der Waals surface area contributed by atoms with Crippen molar-refractivity contribution in [2.24, 2.45) is 0 Å². The normalized spacial score (nSPS) is 14.4. The number of nitrogens with zero attached hydrogens (tertiary/aromatic N) is 1. The van der Waals surface area contributed by atoms with Gasteiger partial charge in [-0.05, 0) is 42.7 Å². The van der Waals surface area contributed by atoms with Crippen molar-refractivity contribution in [1.29, 1.82) is 0 Å². The summed E-state index contributed by atoms with van der Waals surface area (Å²) in [5, 5.41) is 0. The maximum absolute atomic E-state index is 12.5. The first-order valence-corrected chi connectivity index (χ1v) is 7.74. The fourth-order valence-electron chi connectivity index (χ4n) is 2.57. The molecule has 0 saturated heterocycles. The number of carbonyl (C=O) groups is 1. The Labute approximate surface area is 123 Å². The Balaban J connectivity index is 1.81. The van der Waals surface area contributed by atoms with Crippen molar-refractivity contribution in [2.45, 2.75) is 26.3 Å². The number of hydrogen-bond donors (Lipinski definition) is 1. The van der Waals surface area contributed by atoms with Crippen LogP contribution in [0.5, 0.6) is 0 Å². The number of anilines is 1. The molecule has 0 spiro atoms. The Morgan fingerprint density at radius 2 is 2.05 bits per heavy atom. The lowest BCUT2D eigenvalue weighted by molar-refractivity contribution is 0.0729. The summed E-state index contributed by atoms with van der Waals surface area (Å²) in [4.78, 5) is 17.1. The van der Waals surface area contributed by atoms with Crippen LogP contribution in [0.3, 0.4) is 0 Å². The number of hydrogen-bond acceptors (Lipinski definition) is 3. The third-order valence-electron chi connectivity index (χ3n) is 3.72. The smallest absolute Gasteiger partial charge is 0.254 e. The van der Waals surface area contributed by atoms with Crippen molar-refractivity contribution in [3.05, 3.63) is 51.2 Å². The zero-order valence-corrected chi connectivity index (χ0v) is 12.4. The quantitative estimate of drug-likeness (QED) is 0.881. The molecule has 3 nitrogen and oxygen atoms in total. The number of rotatable bonds is 3. The molecule has 1 amide bonds. The Kier molecular flexibility index (Phi) is 3.49. The molecule has 0 aliphatic carbocycles. The summed E-state index contributed by atoms with van der Waals surface area (Å²) in [6, 6.07) is 9.93. The lowest BCUT2D eigenvalue weighted by Gasteiger charge is -2.28. The molecule has 0 fully saturated rings. The van der Waals surface area contributed by atoms with E-state index in [2.05, 4.69) is 19.1 Å². The van der Waals surface area contributed by atoms with Gasteiger partial charge in [-0.15, -0.1) is 11.3 Å². The van der Waals surface area contributed by atoms with Crippen molar-refractivity contribution in [3.63, 3.8) is 0 Å². The average molecular weight is 286 g/mol. The van der Waals surface area contributed by atoms with Crippen LogP contribution < -0.4 is 5.73 Å². The Hall–Kier alpha value is -1.81. The molecule has 4 heteroatoms. The lowest BCUT2D eigenvalue weighted by Crippen LogP contribution is -2.36. The molecule has 0 bridgehead atoms. The average Bonchev–Trinajstić information content (AvgIpc) is 2.90. The first kappa shape index (κ1) is 13.2. The van der Waals surface area contributed by atoms with Crippen LogP contribution in [0.4, 0.5) is 5.69 Å². The molecule has 1 aliphatic rings. The van der Waals surface area contributed by atoms with E-state index in [4.69, 9.17) is 5.73 Å². The molecule has 2 heterocycles. The monoisotopic (exact) mass is 286 g/mol. The van der Waals surface area contributed by atoms with Gasteiger partial charge in [-0.2, -0.15) is 0 Å². The number of nitrogens with two attached hydrogens (primary N) is 1. The van der Waals surface area contributed by atoms with Crippen LogP contribution in [0.15, 0.2) is 30.3 Å². The lowest BCUT2D eigenvalue weighted by atomic mass is 9.98. The SMILES string of the molecule is CCc1ccc(CN2CCc3ccc(N)cc3C2=O)s1. The summed E-state index contributed by atoms with van der Waals surface area (Å²) in [5.74, 6) is 0.102. The standard InChI is InChI=1S/C16H18N2OS/c1-2-13-5-6-14(20-13)10-18-8-7-11-3-4-12(17)9-15(11)16(18)19/h3-6,9H,2,7-8,10,17H2,1H3. The zero-order chi connectivity index (χ0) is 14.1. The largest absolute Gasteiger partial charge is 0.399 e. The summed E-state index contributed by atoms with van der Waals surface area (Å²) < 4.78 is 0. The van der Waals surface area contributed by atoms with E-state index in [1.807, 2.05) is 17.0 Å². The van der Waals surface area contributed by atoms with Gasteiger partial charge in [0.2, 0.25) is 0 Å². The second kappa shape index (κ2) is 5.29. The minimum Gasteiger partial charge on any atom is -0.399 e. The fraction of sp³-hybridized carbons (Fsp3) is 0.312. The molecule has 3 rings (SSSR count). The highest BCUT2D eigenvalue weighted by Crippen LogP contribution is 2.25. The molecule has 2 aromatic rings. The van der Waals surface area contributed by atoms with Crippen LogP contribution in [0.2, 0.25) is 0 Å². The fourth-order valence-corrected chi connectivity index (χ4v) is 3.55. The molecule has 0 atom stereocenters. The van der Waals surface area contributed by atoms with E-state index in [9.17, 15) is 4.79 Å². The van der Waals surface area contributed by atoms with Gasteiger partial charge >= 0.3 is 0 Å². The summed E-state index contributed by atoms with van der Waals surface area (Å²) in [6.45, 7) is 3.65. The van der Waals surface area contributed by atoms with Crippen LogP contribution in [0.1, 0.15) is 32.6 Å². The van der Waals surface area contributed by atoms with Gasteiger partial charge in [-0.3, -0.25) is 4.79 Å². The van der Waals surface area contributed by atoms with E-state index in [1.54, 1.807) is 17.4 Å². The van der Waals surface area contributed by atoms with Gasteiger partial charge in [0.05, 0.1) is 6.54 Å². The second-order valence-electron chi connectivity index (χ2n) is 5.11. The molecule has 0 radical (unpaired) electrons. The van der Waals surface area contributed by atoms with Crippen molar-refractivity contribution in [1.82, 2.24) is 4.90 Å². The van der Waals surface area contributed by atoms with Gasteiger partial charge in [0.1, 0.15) is 0 Å². The van der Waals surface area contributed by atoms with Gasteiger partial charge in [0, 0.05) is 27.5 Å². The number of carbonyl (C=O) groups excluding carboxylic acids is 1. The van der Waals surface area contributed by atoms with Gasteiger partial charge in [-0.25, -0.2) is 0 Å².